The zero-order valence-corrected chi connectivity index (χ0v) is 12.0. The van der Waals surface area contributed by atoms with Crippen molar-refractivity contribution in [2.45, 2.75) is 13.0 Å². The van der Waals surface area contributed by atoms with Crippen LogP contribution in [0.1, 0.15) is 11.1 Å². The average Bonchev–Trinajstić information content (AvgIpc) is 2.38. The second kappa shape index (κ2) is 6.68. The average molecular weight is 324 g/mol. The van der Waals surface area contributed by atoms with Gasteiger partial charge in [-0.1, -0.05) is 34.1 Å². The highest BCUT2D eigenvalue weighted by Gasteiger charge is 2.05. The van der Waals surface area contributed by atoms with Crippen LogP contribution in [-0.2, 0) is 13.0 Å². The van der Waals surface area contributed by atoms with Crippen LogP contribution in [0.3, 0.4) is 0 Å². The molecule has 0 saturated heterocycles. The van der Waals surface area contributed by atoms with Crippen LogP contribution in [0.2, 0.25) is 0 Å². The normalized spacial score (nSPS) is 10.5. The third-order valence-corrected chi connectivity index (χ3v) is 3.21. The molecule has 0 aliphatic carbocycles. The lowest BCUT2D eigenvalue weighted by Gasteiger charge is -2.09. The van der Waals surface area contributed by atoms with Gasteiger partial charge in [-0.25, -0.2) is 4.39 Å². The first-order chi connectivity index (χ1) is 9.19. The number of rotatable bonds is 5. The van der Waals surface area contributed by atoms with Gasteiger partial charge < -0.3 is 10.5 Å². The van der Waals surface area contributed by atoms with Crippen LogP contribution >= 0.6 is 15.9 Å². The first-order valence-corrected chi connectivity index (χ1v) is 6.84. The van der Waals surface area contributed by atoms with E-state index in [0.29, 0.717) is 19.6 Å². The summed E-state index contributed by atoms with van der Waals surface area (Å²) in [5.41, 5.74) is 7.31. The van der Waals surface area contributed by atoms with Gasteiger partial charge in [0.25, 0.3) is 0 Å². The standard InChI is InChI=1S/C15H15BrFNO/c16-13-3-1-2-12(8-13)10-19-15-5-4-11(6-7-18)9-14(15)17/h1-5,8-9H,6-7,10,18H2. The van der Waals surface area contributed by atoms with Crippen molar-refractivity contribution in [2.24, 2.45) is 5.73 Å². The maximum Gasteiger partial charge on any atom is 0.165 e. The molecule has 0 spiro atoms. The summed E-state index contributed by atoms with van der Waals surface area (Å²) < 4.78 is 20.2. The van der Waals surface area contributed by atoms with Crippen molar-refractivity contribution >= 4 is 15.9 Å². The minimum Gasteiger partial charge on any atom is -0.486 e. The van der Waals surface area contributed by atoms with Gasteiger partial charge >= 0.3 is 0 Å². The molecule has 0 unspecified atom stereocenters. The summed E-state index contributed by atoms with van der Waals surface area (Å²) in [6.45, 7) is 0.851. The molecule has 0 aliphatic rings. The van der Waals surface area contributed by atoms with Crippen LogP contribution in [0.25, 0.3) is 0 Å². The Hall–Kier alpha value is -1.39. The summed E-state index contributed by atoms with van der Waals surface area (Å²) in [7, 11) is 0. The molecule has 2 aromatic carbocycles. The van der Waals surface area contributed by atoms with E-state index in [4.69, 9.17) is 10.5 Å². The summed E-state index contributed by atoms with van der Waals surface area (Å²) in [5, 5.41) is 0. The SMILES string of the molecule is NCCc1ccc(OCc2cccc(Br)c2)c(F)c1. The zero-order valence-electron chi connectivity index (χ0n) is 10.4. The Morgan fingerprint density at radius 3 is 2.63 bits per heavy atom. The van der Waals surface area contributed by atoms with Crippen molar-refractivity contribution in [3.63, 3.8) is 0 Å². The summed E-state index contributed by atoms with van der Waals surface area (Å²) in [4.78, 5) is 0. The molecule has 0 radical (unpaired) electrons. The molecule has 0 aromatic heterocycles. The Kier molecular flexibility index (Phi) is 4.93. The number of benzene rings is 2. The molecule has 4 heteroatoms. The smallest absolute Gasteiger partial charge is 0.165 e. The fraction of sp³-hybridized carbons (Fsp3) is 0.200. The van der Waals surface area contributed by atoms with Crippen LogP contribution in [0.15, 0.2) is 46.9 Å². The predicted octanol–water partition coefficient (Wildman–Crippen LogP) is 3.67. The minimum atomic E-state index is -0.346. The number of halogens is 2. The van der Waals surface area contributed by atoms with Gasteiger partial charge in [-0.3, -0.25) is 0 Å². The molecule has 2 aromatic rings. The second-order valence-electron chi connectivity index (χ2n) is 4.22. The monoisotopic (exact) mass is 323 g/mol. The maximum atomic E-state index is 13.8. The van der Waals surface area contributed by atoms with Gasteiger partial charge in [-0.05, 0) is 48.4 Å². The molecule has 0 aliphatic heterocycles. The highest BCUT2D eigenvalue weighted by Crippen LogP contribution is 2.20. The van der Waals surface area contributed by atoms with E-state index in [1.807, 2.05) is 30.3 Å². The highest BCUT2D eigenvalue weighted by atomic mass is 79.9. The number of hydrogen-bond acceptors (Lipinski definition) is 2. The number of nitrogens with two attached hydrogens (primary N) is 1. The van der Waals surface area contributed by atoms with Gasteiger partial charge in [0.05, 0.1) is 0 Å². The summed E-state index contributed by atoms with van der Waals surface area (Å²) in [5.74, 6) is -0.0818. The largest absolute Gasteiger partial charge is 0.486 e. The molecule has 100 valence electrons. The predicted molar refractivity (Wildman–Crippen MR) is 77.6 cm³/mol. The lowest BCUT2D eigenvalue weighted by Crippen LogP contribution is -2.03. The van der Waals surface area contributed by atoms with E-state index in [2.05, 4.69) is 15.9 Å². The third-order valence-electron chi connectivity index (χ3n) is 2.71. The number of hydrogen-bond donors (Lipinski definition) is 1. The first-order valence-electron chi connectivity index (χ1n) is 6.05. The van der Waals surface area contributed by atoms with Crippen LogP contribution in [0.5, 0.6) is 5.75 Å². The molecule has 0 amide bonds. The fourth-order valence-corrected chi connectivity index (χ4v) is 2.22. The summed E-state index contributed by atoms with van der Waals surface area (Å²) in [6.07, 6.45) is 0.669. The second-order valence-corrected chi connectivity index (χ2v) is 5.14. The summed E-state index contributed by atoms with van der Waals surface area (Å²) >= 11 is 3.39. The Labute approximate surface area is 120 Å². The summed E-state index contributed by atoms with van der Waals surface area (Å²) in [6, 6.07) is 12.7. The Morgan fingerprint density at radius 1 is 1.11 bits per heavy atom. The lowest BCUT2D eigenvalue weighted by atomic mass is 10.1. The van der Waals surface area contributed by atoms with E-state index in [1.54, 1.807) is 6.07 Å². The van der Waals surface area contributed by atoms with Crippen molar-refractivity contribution in [2.75, 3.05) is 6.54 Å². The van der Waals surface area contributed by atoms with E-state index < -0.39 is 0 Å². The molecule has 0 bridgehead atoms. The molecule has 2 N–H and O–H groups in total. The molecule has 0 saturated carbocycles. The molecule has 0 heterocycles. The van der Waals surface area contributed by atoms with Gasteiger partial charge in [0.15, 0.2) is 11.6 Å². The van der Waals surface area contributed by atoms with E-state index in [9.17, 15) is 4.39 Å². The zero-order chi connectivity index (χ0) is 13.7. The van der Waals surface area contributed by atoms with Gasteiger partial charge in [0, 0.05) is 4.47 Å². The van der Waals surface area contributed by atoms with E-state index in [0.717, 1.165) is 15.6 Å². The maximum absolute atomic E-state index is 13.8. The van der Waals surface area contributed by atoms with Crippen molar-refractivity contribution in [3.8, 4) is 5.75 Å². The van der Waals surface area contributed by atoms with Crippen LogP contribution < -0.4 is 10.5 Å². The van der Waals surface area contributed by atoms with Crippen molar-refractivity contribution < 1.29 is 9.13 Å². The van der Waals surface area contributed by atoms with E-state index in [-0.39, 0.29) is 11.6 Å². The van der Waals surface area contributed by atoms with Crippen molar-refractivity contribution in [1.29, 1.82) is 0 Å². The minimum absolute atomic E-state index is 0.265. The van der Waals surface area contributed by atoms with Gasteiger partial charge in [-0.2, -0.15) is 0 Å². The highest BCUT2D eigenvalue weighted by molar-refractivity contribution is 9.10. The Bertz CT molecular complexity index is 560. The molecular weight excluding hydrogens is 309 g/mol. The molecular formula is C15H15BrFNO. The first kappa shape index (κ1) is 14.0. The molecule has 19 heavy (non-hydrogen) atoms. The van der Waals surface area contributed by atoms with Gasteiger partial charge in [0.1, 0.15) is 6.61 Å². The quantitative estimate of drug-likeness (QED) is 0.911. The lowest BCUT2D eigenvalue weighted by molar-refractivity contribution is 0.290. The Balaban J connectivity index is 2.03. The van der Waals surface area contributed by atoms with Crippen molar-refractivity contribution in [1.82, 2.24) is 0 Å². The van der Waals surface area contributed by atoms with Crippen LogP contribution in [0, 0.1) is 5.82 Å². The van der Waals surface area contributed by atoms with Gasteiger partial charge in [0.2, 0.25) is 0 Å². The van der Waals surface area contributed by atoms with Crippen LogP contribution in [0.4, 0.5) is 4.39 Å². The molecule has 2 rings (SSSR count). The van der Waals surface area contributed by atoms with Crippen molar-refractivity contribution in [3.05, 3.63) is 63.9 Å². The molecule has 0 fully saturated rings. The van der Waals surface area contributed by atoms with Gasteiger partial charge in [-0.15, -0.1) is 0 Å². The van der Waals surface area contributed by atoms with E-state index in [1.165, 1.54) is 6.07 Å². The fourth-order valence-electron chi connectivity index (χ4n) is 1.77. The molecule has 0 atom stereocenters. The Morgan fingerprint density at radius 2 is 1.95 bits per heavy atom. The van der Waals surface area contributed by atoms with Crippen LogP contribution in [-0.4, -0.2) is 6.54 Å². The number of ether oxygens (including phenoxy) is 1. The topological polar surface area (TPSA) is 35.2 Å². The third kappa shape index (κ3) is 4.04. The van der Waals surface area contributed by atoms with E-state index >= 15 is 0 Å². The molecule has 2 nitrogen and oxygen atoms in total.